The molecule has 4 aromatic carbocycles. The van der Waals surface area contributed by atoms with Crippen LogP contribution in [0.15, 0.2) is 118 Å². The molecule has 206 valence electrons. The lowest BCUT2D eigenvalue weighted by Gasteiger charge is -2.14. The zero-order chi connectivity index (χ0) is 28.9. The molecule has 0 aliphatic rings. The van der Waals surface area contributed by atoms with E-state index < -0.39 is 58.7 Å². The number of esters is 2. The maximum Gasteiger partial charge on any atom is 0.416 e. The van der Waals surface area contributed by atoms with E-state index in [4.69, 9.17) is 4.74 Å². The second-order valence-corrected chi connectivity index (χ2v) is 10.3. The minimum atomic E-state index is -5.11. The van der Waals surface area contributed by atoms with E-state index in [2.05, 4.69) is 4.74 Å². The first-order valence-electron chi connectivity index (χ1n) is 11.5. The molecule has 0 unspecified atom stereocenters. The number of carbonyl (C=O) groups excluding carboxylic acids is 2. The number of halogens is 6. The van der Waals surface area contributed by atoms with Crippen molar-refractivity contribution in [2.45, 2.75) is 27.0 Å². The highest BCUT2D eigenvalue weighted by Gasteiger charge is 2.37. The van der Waals surface area contributed by atoms with Crippen LogP contribution in [-0.2, 0) is 32.8 Å². The summed E-state index contributed by atoms with van der Waals surface area (Å²) in [5, 5.41) is 0. The number of alkyl halides is 6. The Hall–Kier alpha value is -4.25. The zero-order valence-corrected chi connectivity index (χ0v) is 21.1. The molecule has 4 rings (SSSR count). The van der Waals surface area contributed by atoms with Gasteiger partial charge in [0.1, 0.15) is 5.75 Å². The molecule has 11 heteroatoms. The van der Waals surface area contributed by atoms with Gasteiger partial charge in [0, 0.05) is 6.07 Å². The van der Waals surface area contributed by atoms with Crippen LogP contribution >= 0.6 is 0 Å². The highest BCUT2D eigenvalue weighted by Crippen LogP contribution is 2.38. The molecule has 4 aromatic rings. The summed E-state index contributed by atoms with van der Waals surface area (Å²) in [6, 6.07) is 26.1. The molecule has 0 aliphatic carbocycles. The first-order chi connectivity index (χ1) is 18.9. The van der Waals surface area contributed by atoms with E-state index in [9.17, 15) is 35.9 Å². The molecule has 0 atom stereocenters. The molecule has 0 saturated carbocycles. The second-order valence-electron chi connectivity index (χ2n) is 8.25. The summed E-state index contributed by atoms with van der Waals surface area (Å²) in [4.78, 5) is 27.6. The third kappa shape index (κ3) is 7.23. The Morgan fingerprint density at radius 3 is 1.62 bits per heavy atom. The Labute approximate surface area is 227 Å². The van der Waals surface area contributed by atoms with Crippen LogP contribution in [0.1, 0.15) is 21.5 Å². The molecule has 0 bridgehead atoms. The van der Waals surface area contributed by atoms with Crippen molar-refractivity contribution in [1.82, 2.24) is 0 Å². The van der Waals surface area contributed by atoms with Crippen molar-refractivity contribution in [2.75, 3.05) is 6.61 Å². The van der Waals surface area contributed by atoms with Gasteiger partial charge in [-0.2, -0.15) is 26.3 Å². The van der Waals surface area contributed by atoms with Crippen molar-refractivity contribution >= 4 is 22.8 Å². The molecule has 0 aliphatic heterocycles. The Morgan fingerprint density at radius 2 is 1.12 bits per heavy atom. The summed E-state index contributed by atoms with van der Waals surface area (Å²) in [5.41, 5.74) is -3.20. The number of benzene rings is 4. The van der Waals surface area contributed by atoms with E-state index in [1.54, 1.807) is 12.1 Å². The fourth-order valence-corrected chi connectivity index (χ4v) is 5.76. The summed E-state index contributed by atoms with van der Waals surface area (Å²) in [7, 11) is -0.583. The Bertz CT molecular complexity index is 1420. The molecule has 0 heterocycles. The highest BCUT2D eigenvalue weighted by atomic mass is 32.2. The molecule has 0 spiro atoms. The predicted molar refractivity (Wildman–Crippen MR) is 134 cm³/mol. The minimum absolute atomic E-state index is 0.0908. The lowest BCUT2D eigenvalue weighted by Crippen LogP contribution is -2.20. The van der Waals surface area contributed by atoms with Gasteiger partial charge in [-0.25, -0.2) is 9.59 Å². The van der Waals surface area contributed by atoms with Crippen LogP contribution in [0, 0.1) is 0 Å². The molecule has 0 saturated heterocycles. The third-order valence-electron chi connectivity index (χ3n) is 5.38. The molecule has 0 amide bonds. The van der Waals surface area contributed by atoms with Gasteiger partial charge in [-0.3, -0.25) is 0 Å². The number of carbonyl (C=O) groups is 2. The maximum absolute atomic E-state index is 13.0. The van der Waals surface area contributed by atoms with Gasteiger partial charge in [0.05, 0.1) is 27.6 Å². The fourth-order valence-electron chi connectivity index (χ4n) is 3.63. The SMILES string of the molecule is O=C(COC(=O)c1cccc([S+](c2ccccc2)c2ccccc2)c1)Oc1cc(C(F)(F)F)cc(C(F)(F)F)c1. The predicted octanol–water partition coefficient (Wildman–Crippen LogP) is 7.58. The molecule has 40 heavy (non-hydrogen) atoms. The van der Waals surface area contributed by atoms with Crippen molar-refractivity contribution < 1.29 is 45.4 Å². The summed E-state index contributed by atoms with van der Waals surface area (Å²) < 4.78 is 87.9. The Balaban J connectivity index is 1.50. The van der Waals surface area contributed by atoms with E-state index in [0.29, 0.717) is 0 Å². The molecule has 0 N–H and O–H groups in total. The monoisotopic (exact) mass is 577 g/mol. The van der Waals surface area contributed by atoms with Gasteiger partial charge in [0.2, 0.25) is 0 Å². The number of hydrogen-bond donors (Lipinski definition) is 0. The summed E-state index contributed by atoms with van der Waals surface area (Å²) >= 11 is 0. The summed E-state index contributed by atoms with van der Waals surface area (Å²) in [5.74, 6) is -3.27. The highest BCUT2D eigenvalue weighted by molar-refractivity contribution is 7.97. The average Bonchev–Trinajstić information content (AvgIpc) is 2.92. The van der Waals surface area contributed by atoms with Gasteiger partial charge >= 0.3 is 24.3 Å². The van der Waals surface area contributed by atoms with E-state index >= 15 is 0 Å². The normalized spacial score (nSPS) is 11.8. The topological polar surface area (TPSA) is 52.6 Å². The van der Waals surface area contributed by atoms with Crippen LogP contribution in [-0.4, -0.2) is 18.5 Å². The first kappa shape index (κ1) is 28.8. The standard InChI is InChI=1S/C29H19F6O4S/c30-28(31,32)20-15-21(29(33,34)35)17-22(16-20)39-26(36)18-38-27(37)19-8-7-13-25(14-19)40(23-9-3-1-4-10-23)24-11-5-2-6-12-24/h1-17H,18H2/q+1. The van der Waals surface area contributed by atoms with Crippen molar-refractivity contribution in [1.29, 1.82) is 0 Å². The summed E-state index contributed by atoms with van der Waals surface area (Å²) in [6.07, 6.45) is -10.2. The Morgan fingerprint density at radius 1 is 0.625 bits per heavy atom. The van der Waals surface area contributed by atoms with Crippen molar-refractivity contribution in [3.8, 4) is 5.75 Å². The molecule has 0 aromatic heterocycles. The van der Waals surface area contributed by atoms with Gasteiger partial charge in [-0.15, -0.1) is 0 Å². The number of rotatable bonds is 7. The van der Waals surface area contributed by atoms with E-state index in [1.165, 1.54) is 6.07 Å². The lowest BCUT2D eigenvalue weighted by molar-refractivity contribution is -0.145. The second kappa shape index (κ2) is 11.9. The van der Waals surface area contributed by atoms with Crippen molar-refractivity contribution in [3.63, 3.8) is 0 Å². The van der Waals surface area contributed by atoms with Crippen LogP contribution in [0.5, 0.6) is 5.75 Å². The van der Waals surface area contributed by atoms with Gasteiger partial charge < -0.3 is 9.47 Å². The first-order valence-corrected chi connectivity index (χ1v) is 12.8. The third-order valence-corrected chi connectivity index (χ3v) is 7.59. The van der Waals surface area contributed by atoms with Crippen LogP contribution in [0.3, 0.4) is 0 Å². The average molecular weight is 578 g/mol. The van der Waals surface area contributed by atoms with Crippen LogP contribution in [0.25, 0.3) is 0 Å². The van der Waals surface area contributed by atoms with Crippen LogP contribution < -0.4 is 4.74 Å². The van der Waals surface area contributed by atoms with Crippen molar-refractivity contribution in [3.05, 3.63) is 120 Å². The lowest BCUT2D eigenvalue weighted by atomic mass is 10.1. The molecule has 0 radical (unpaired) electrons. The molecular formula is C29H19F6O4S+. The largest absolute Gasteiger partial charge is 0.450 e. The van der Waals surface area contributed by atoms with Gasteiger partial charge in [-0.1, -0.05) is 42.5 Å². The van der Waals surface area contributed by atoms with E-state index in [-0.39, 0.29) is 23.8 Å². The number of hydrogen-bond acceptors (Lipinski definition) is 4. The van der Waals surface area contributed by atoms with E-state index in [1.807, 2.05) is 66.7 Å². The van der Waals surface area contributed by atoms with Crippen LogP contribution in [0.4, 0.5) is 26.3 Å². The van der Waals surface area contributed by atoms with Gasteiger partial charge in [0.25, 0.3) is 0 Å². The minimum Gasteiger partial charge on any atom is -0.450 e. The van der Waals surface area contributed by atoms with Crippen LogP contribution in [0.2, 0.25) is 0 Å². The Kier molecular flexibility index (Phi) is 8.53. The zero-order valence-electron chi connectivity index (χ0n) is 20.3. The number of ether oxygens (including phenoxy) is 2. The quantitative estimate of drug-likeness (QED) is 0.0984. The maximum atomic E-state index is 13.0. The molecule has 0 fully saturated rings. The summed E-state index contributed by atoms with van der Waals surface area (Å²) in [6.45, 7) is -1.04. The van der Waals surface area contributed by atoms with Crippen molar-refractivity contribution in [2.24, 2.45) is 0 Å². The fraction of sp³-hybridized carbons (Fsp3) is 0.103. The van der Waals surface area contributed by atoms with Gasteiger partial charge in [0.15, 0.2) is 21.3 Å². The smallest absolute Gasteiger partial charge is 0.416 e. The van der Waals surface area contributed by atoms with E-state index in [0.717, 1.165) is 14.7 Å². The molecule has 4 nitrogen and oxygen atoms in total. The molecular weight excluding hydrogens is 558 g/mol. The van der Waals surface area contributed by atoms with Gasteiger partial charge in [-0.05, 0) is 54.6 Å².